The van der Waals surface area contributed by atoms with Gasteiger partial charge in [0.2, 0.25) is 21.5 Å². The number of amides is 1. The van der Waals surface area contributed by atoms with E-state index in [0.717, 1.165) is 12.0 Å². The molecule has 32 heavy (non-hydrogen) atoms. The van der Waals surface area contributed by atoms with Crippen molar-refractivity contribution < 1.29 is 13.2 Å². The van der Waals surface area contributed by atoms with Gasteiger partial charge in [0.15, 0.2) is 0 Å². The van der Waals surface area contributed by atoms with Crippen LogP contribution in [-0.4, -0.2) is 43.2 Å². The fraction of sp³-hybridized carbons (Fsp3) is 0.333. The van der Waals surface area contributed by atoms with Gasteiger partial charge in [-0.05, 0) is 61.4 Å². The second kappa shape index (κ2) is 9.26. The highest BCUT2D eigenvalue weighted by molar-refractivity contribution is 7.89. The van der Waals surface area contributed by atoms with Gasteiger partial charge in [-0.15, -0.1) is 0 Å². The number of hydrogen-bond donors (Lipinski definition) is 2. The lowest BCUT2D eigenvalue weighted by atomic mass is 9.98. The lowest BCUT2D eigenvalue weighted by Gasteiger charge is -2.31. The van der Waals surface area contributed by atoms with Crippen molar-refractivity contribution in [2.24, 2.45) is 5.92 Å². The van der Waals surface area contributed by atoms with Crippen LogP contribution < -0.4 is 10.9 Å². The Labute approximate surface area is 187 Å². The molecule has 1 fully saturated rings. The summed E-state index contributed by atoms with van der Waals surface area (Å²) in [6.07, 6.45) is 2.04. The molecule has 1 aliphatic heterocycles. The van der Waals surface area contributed by atoms with Crippen LogP contribution in [0.4, 0.5) is 0 Å². The van der Waals surface area contributed by atoms with Crippen LogP contribution in [0.15, 0.2) is 64.3 Å². The monoisotopic (exact) mass is 453 g/mol. The zero-order valence-corrected chi connectivity index (χ0v) is 18.8. The molecule has 1 aromatic heterocycles. The molecular weight excluding hydrogens is 426 g/mol. The van der Waals surface area contributed by atoms with E-state index in [0.29, 0.717) is 36.8 Å². The number of aromatic amines is 1. The number of rotatable bonds is 6. The van der Waals surface area contributed by atoms with Crippen LogP contribution in [0.25, 0.3) is 10.9 Å². The summed E-state index contributed by atoms with van der Waals surface area (Å²) >= 11 is 0. The van der Waals surface area contributed by atoms with Crippen LogP contribution in [0.1, 0.15) is 24.0 Å². The Bertz CT molecular complexity index is 1280. The molecule has 7 nitrogen and oxygen atoms in total. The van der Waals surface area contributed by atoms with Gasteiger partial charge >= 0.3 is 0 Å². The van der Waals surface area contributed by atoms with Crippen molar-refractivity contribution in [3.8, 4) is 0 Å². The molecule has 0 spiro atoms. The van der Waals surface area contributed by atoms with Gasteiger partial charge < -0.3 is 10.3 Å². The van der Waals surface area contributed by atoms with Gasteiger partial charge in [0.1, 0.15) is 0 Å². The largest absolute Gasteiger partial charge is 0.355 e. The lowest BCUT2D eigenvalue weighted by Crippen LogP contribution is -2.45. The zero-order valence-electron chi connectivity index (χ0n) is 18.0. The minimum Gasteiger partial charge on any atom is -0.355 e. The van der Waals surface area contributed by atoms with Crippen molar-refractivity contribution >= 4 is 26.8 Å². The summed E-state index contributed by atoms with van der Waals surface area (Å²) in [5, 5.41) is 3.61. The van der Waals surface area contributed by atoms with E-state index >= 15 is 0 Å². The van der Waals surface area contributed by atoms with Crippen molar-refractivity contribution in [3.05, 3.63) is 76.1 Å². The second-order valence-corrected chi connectivity index (χ2v) is 10.2. The highest BCUT2D eigenvalue weighted by atomic mass is 32.2. The van der Waals surface area contributed by atoms with Gasteiger partial charge in [-0.2, -0.15) is 4.31 Å². The number of H-pyrrole nitrogens is 1. The Hall–Kier alpha value is -2.97. The Kier molecular flexibility index (Phi) is 6.43. The molecule has 8 heteroatoms. The Morgan fingerprint density at radius 3 is 2.69 bits per heavy atom. The topological polar surface area (TPSA) is 99.3 Å². The maximum Gasteiger partial charge on any atom is 0.248 e. The van der Waals surface area contributed by atoms with Gasteiger partial charge in [0.05, 0.1) is 10.8 Å². The molecule has 1 atom stereocenters. The standard InChI is InChI=1S/C24H27N3O4S/c1-17-4-6-18(7-5-17)12-13-25-24(29)20-3-2-14-27(16-20)32(30,31)21-9-10-22-19(15-21)8-11-23(28)26-22/h4-11,15,20H,2-3,12-14,16H2,1H3,(H,25,29)(H,26,28). The summed E-state index contributed by atoms with van der Waals surface area (Å²) in [6.45, 7) is 3.11. The first-order valence-corrected chi connectivity index (χ1v) is 12.2. The average molecular weight is 454 g/mol. The summed E-state index contributed by atoms with van der Waals surface area (Å²) in [5.74, 6) is -0.471. The number of fused-ring (bicyclic) bond motifs is 1. The number of piperidine rings is 1. The number of pyridine rings is 1. The molecular formula is C24H27N3O4S. The first kappa shape index (κ1) is 22.2. The zero-order chi connectivity index (χ0) is 22.7. The number of aryl methyl sites for hydroxylation is 1. The Morgan fingerprint density at radius 1 is 1.12 bits per heavy atom. The van der Waals surface area contributed by atoms with Crippen molar-refractivity contribution in [2.75, 3.05) is 19.6 Å². The maximum atomic E-state index is 13.2. The number of sulfonamides is 1. The van der Waals surface area contributed by atoms with E-state index in [2.05, 4.69) is 22.4 Å². The van der Waals surface area contributed by atoms with E-state index < -0.39 is 10.0 Å². The minimum absolute atomic E-state index is 0.104. The van der Waals surface area contributed by atoms with E-state index in [1.54, 1.807) is 18.2 Å². The van der Waals surface area contributed by atoms with Crippen LogP contribution in [-0.2, 0) is 21.2 Å². The van der Waals surface area contributed by atoms with Crippen LogP contribution in [0.2, 0.25) is 0 Å². The van der Waals surface area contributed by atoms with Crippen molar-refractivity contribution in [1.82, 2.24) is 14.6 Å². The second-order valence-electron chi connectivity index (χ2n) is 8.30. The summed E-state index contributed by atoms with van der Waals surface area (Å²) in [5.41, 5.74) is 2.70. The van der Waals surface area contributed by atoms with Crippen molar-refractivity contribution in [2.45, 2.75) is 31.1 Å². The fourth-order valence-corrected chi connectivity index (χ4v) is 5.61. The van der Waals surface area contributed by atoms with E-state index in [4.69, 9.17) is 0 Å². The van der Waals surface area contributed by atoms with Crippen LogP contribution in [0, 0.1) is 12.8 Å². The van der Waals surface area contributed by atoms with E-state index in [1.165, 1.54) is 22.0 Å². The van der Waals surface area contributed by atoms with Crippen LogP contribution >= 0.6 is 0 Å². The maximum absolute atomic E-state index is 13.2. The van der Waals surface area contributed by atoms with E-state index in [9.17, 15) is 18.0 Å². The lowest BCUT2D eigenvalue weighted by molar-refractivity contribution is -0.126. The predicted molar refractivity (Wildman–Crippen MR) is 124 cm³/mol. The molecule has 4 rings (SSSR count). The predicted octanol–water partition coefficient (Wildman–Crippen LogP) is 2.60. The smallest absolute Gasteiger partial charge is 0.248 e. The van der Waals surface area contributed by atoms with E-state index in [-0.39, 0.29) is 28.8 Å². The first-order chi connectivity index (χ1) is 15.3. The first-order valence-electron chi connectivity index (χ1n) is 10.8. The number of carbonyl (C=O) groups is 1. The number of nitrogens with one attached hydrogen (secondary N) is 2. The normalized spacial score (nSPS) is 17.3. The number of nitrogens with zero attached hydrogens (tertiary/aromatic N) is 1. The minimum atomic E-state index is -3.74. The number of carbonyl (C=O) groups excluding carboxylic acids is 1. The highest BCUT2D eigenvalue weighted by Crippen LogP contribution is 2.25. The molecule has 3 aromatic rings. The van der Waals surface area contributed by atoms with Gasteiger partial charge in [0, 0.05) is 31.2 Å². The van der Waals surface area contributed by atoms with E-state index in [1.807, 2.05) is 19.1 Å². The third kappa shape index (κ3) is 4.92. The molecule has 0 saturated carbocycles. The van der Waals surface area contributed by atoms with Gasteiger partial charge in [0.25, 0.3) is 0 Å². The molecule has 1 aliphatic rings. The molecule has 0 radical (unpaired) electrons. The molecule has 1 saturated heterocycles. The van der Waals surface area contributed by atoms with Gasteiger partial charge in [-0.1, -0.05) is 29.8 Å². The molecule has 0 bridgehead atoms. The summed E-state index contributed by atoms with van der Waals surface area (Å²) in [7, 11) is -3.74. The van der Waals surface area contributed by atoms with Crippen LogP contribution in [0.5, 0.6) is 0 Å². The summed E-state index contributed by atoms with van der Waals surface area (Å²) in [4.78, 5) is 27.0. The highest BCUT2D eigenvalue weighted by Gasteiger charge is 2.33. The number of aromatic nitrogens is 1. The van der Waals surface area contributed by atoms with Crippen molar-refractivity contribution in [1.29, 1.82) is 0 Å². The SMILES string of the molecule is Cc1ccc(CCNC(=O)C2CCCN(S(=O)(=O)c3ccc4[nH]c(=O)ccc4c3)C2)cc1. The molecule has 2 aromatic carbocycles. The average Bonchev–Trinajstić information content (AvgIpc) is 2.80. The number of hydrogen-bond acceptors (Lipinski definition) is 4. The van der Waals surface area contributed by atoms with Gasteiger partial charge in [-0.25, -0.2) is 8.42 Å². The molecule has 168 valence electrons. The van der Waals surface area contributed by atoms with Crippen LogP contribution in [0.3, 0.4) is 0 Å². The Morgan fingerprint density at radius 2 is 1.91 bits per heavy atom. The third-order valence-electron chi connectivity index (χ3n) is 5.92. The molecule has 1 amide bonds. The van der Waals surface area contributed by atoms with Gasteiger partial charge in [-0.3, -0.25) is 9.59 Å². The number of benzene rings is 2. The van der Waals surface area contributed by atoms with Crippen molar-refractivity contribution in [3.63, 3.8) is 0 Å². The molecule has 0 aliphatic carbocycles. The summed E-state index contributed by atoms with van der Waals surface area (Å²) < 4.78 is 27.8. The summed E-state index contributed by atoms with van der Waals surface area (Å²) in [6, 6.07) is 15.8. The Balaban J connectivity index is 1.41. The molecule has 2 heterocycles. The molecule has 1 unspecified atom stereocenters. The molecule has 2 N–H and O–H groups in total. The quantitative estimate of drug-likeness (QED) is 0.599. The third-order valence-corrected chi connectivity index (χ3v) is 7.78. The fourth-order valence-electron chi connectivity index (χ4n) is 4.05.